The van der Waals surface area contributed by atoms with E-state index in [0.717, 1.165) is 44.1 Å². The summed E-state index contributed by atoms with van der Waals surface area (Å²) < 4.78 is 2.10. The zero-order chi connectivity index (χ0) is 16.9. The molecule has 1 aromatic carbocycles. The number of nitrogens with zero attached hydrogens (tertiary/aromatic N) is 3. The molecule has 0 unspecified atom stereocenters. The van der Waals surface area contributed by atoms with Gasteiger partial charge in [0.25, 0.3) is 0 Å². The lowest BCUT2D eigenvalue weighted by atomic mass is 10.0. The molecule has 130 valence electrons. The number of rotatable bonds is 7. The van der Waals surface area contributed by atoms with Crippen LogP contribution in [-0.2, 0) is 13.0 Å². The lowest BCUT2D eigenvalue weighted by Crippen LogP contribution is -2.44. The predicted molar refractivity (Wildman–Crippen MR) is 99.4 cm³/mol. The molecule has 5 heteroatoms. The van der Waals surface area contributed by atoms with E-state index >= 15 is 0 Å². The minimum absolute atomic E-state index is 0.461. The summed E-state index contributed by atoms with van der Waals surface area (Å²) in [7, 11) is 4.28. The third-order valence-electron chi connectivity index (χ3n) is 4.51. The second-order valence-electron chi connectivity index (χ2n) is 7.16. The van der Waals surface area contributed by atoms with Crippen molar-refractivity contribution in [3.05, 3.63) is 47.7 Å². The topological polar surface area (TPSA) is 45.1 Å². The van der Waals surface area contributed by atoms with E-state index in [2.05, 4.69) is 75.8 Å². The number of nitrogens with one attached hydrogen (secondary N) is 2. The lowest BCUT2D eigenvalue weighted by Gasteiger charge is -2.28. The monoisotopic (exact) mass is 327 g/mol. The highest BCUT2D eigenvalue weighted by molar-refractivity contribution is 5.38. The van der Waals surface area contributed by atoms with E-state index in [1.54, 1.807) is 0 Å². The number of benzene rings is 1. The summed E-state index contributed by atoms with van der Waals surface area (Å²) in [6, 6.07) is 13.3. The molecule has 0 bridgehead atoms. The first-order valence-corrected chi connectivity index (χ1v) is 8.80. The van der Waals surface area contributed by atoms with Crippen LogP contribution in [0.15, 0.2) is 36.4 Å². The summed E-state index contributed by atoms with van der Waals surface area (Å²) in [4.78, 5) is 2.26. The molecule has 2 aromatic rings. The quantitative estimate of drug-likeness (QED) is 0.816. The van der Waals surface area contributed by atoms with Crippen molar-refractivity contribution in [2.24, 2.45) is 5.92 Å². The van der Waals surface area contributed by atoms with Crippen molar-refractivity contribution >= 4 is 5.82 Å². The van der Waals surface area contributed by atoms with E-state index in [4.69, 9.17) is 0 Å². The number of fused-ring (bicyclic) bond motifs is 1. The summed E-state index contributed by atoms with van der Waals surface area (Å²) in [5.74, 6) is 1.72. The van der Waals surface area contributed by atoms with Crippen molar-refractivity contribution in [3.8, 4) is 0 Å². The average molecular weight is 327 g/mol. The van der Waals surface area contributed by atoms with Gasteiger partial charge in [-0.2, -0.15) is 5.10 Å². The number of aromatic nitrogens is 2. The fourth-order valence-electron chi connectivity index (χ4n) is 3.40. The van der Waals surface area contributed by atoms with Crippen LogP contribution in [0.3, 0.4) is 0 Å². The first kappa shape index (κ1) is 17.0. The van der Waals surface area contributed by atoms with E-state index < -0.39 is 0 Å². The Morgan fingerprint density at radius 1 is 1.33 bits per heavy atom. The van der Waals surface area contributed by atoms with E-state index in [1.165, 1.54) is 5.56 Å². The Balaban J connectivity index is 1.55. The summed E-state index contributed by atoms with van der Waals surface area (Å²) in [6.07, 6.45) is 1.06. The fourth-order valence-corrected chi connectivity index (χ4v) is 3.40. The summed E-state index contributed by atoms with van der Waals surface area (Å²) in [5, 5.41) is 11.8. The highest BCUT2D eigenvalue weighted by Crippen LogP contribution is 2.18. The maximum absolute atomic E-state index is 4.56. The van der Waals surface area contributed by atoms with Crippen molar-refractivity contribution in [3.63, 3.8) is 0 Å². The zero-order valence-electron chi connectivity index (χ0n) is 15.0. The third-order valence-corrected chi connectivity index (χ3v) is 4.51. The fraction of sp³-hybridized carbons (Fsp3) is 0.526. The van der Waals surface area contributed by atoms with Crippen LogP contribution in [0.1, 0.15) is 11.3 Å². The molecule has 24 heavy (non-hydrogen) atoms. The van der Waals surface area contributed by atoms with E-state index in [0.29, 0.717) is 12.0 Å². The maximum atomic E-state index is 4.56. The SMILES string of the molecule is Cc1cc2n(n1)C[C@@H](CN[C@H](Cc1ccccc1)CN(C)C)CN2. The second-order valence-corrected chi connectivity index (χ2v) is 7.16. The van der Waals surface area contributed by atoms with Crippen LogP contribution in [0.25, 0.3) is 0 Å². The summed E-state index contributed by atoms with van der Waals surface area (Å²) in [5.41, 5.74) is 2.48. The van der Waals surface area contributed by atoms with Crippen LogP contribution in [-0.4, -0.2) is 54.5 Å². The Bertz CT molecular complexity index is 634. The number of anilines is 1. The molecule has 0 amide bonds. The number of hydrogen-bond donors (Lipinski definition) is 2. The molecule has 2 heterocycles. The van der Waals surface area contributed by atoms with Gasteiger partial charge in [0.05, 0.1) is 5.69 Å². The molecule has 0 saturated heterocycles. The minimum atomic E-state index is 0.461. The van der Waals surface area contributed by atoms with Crippen molar-refractivity contribution in [2.75, 3.05) is 39.0 Å². The molecule has 0 aliphatic carbocycles. The number of likely N-dealkylation sites (N-methyl/N-ethyl adjacent to an activating group) is 1. The molecular formula is C19H29N5. The second kappa shape index (κ2) is 7.81. The number of hydrogen-bond acceptors (Lipinski definition) is 4. The number of aryl methyl sites for hydroxylation is 1. The normalized spacial score (nSPS) is 18.2. The molecule has 5 nitrogen and oxygen atoms in total. The van der Waals surface area contributed by atoms with Gasteiger partial charge in [0.1, 0.15) is 5.82 Å². The first-order valence-electron chi connectivity index (χ1n) is 8.80. The highest BCUT2D eigenvalue weighted by Gasteiger charge is 2.20. The molecule has 3 rings (SSSR count). The standard InChI is InChI=1S/C19H29N5/c1-15-9-19-21-12-17(13-24(19)22-15)11-20-18(14-23(2)3)10-16-7-5-4-6-8-16/h4-9,17-18,20-21H,10-14H2,1-3H3/t17-,18+/m0/s1. The Morgan fingerprint density at radius 3 is 2.88 bits per heavy atom. The molecule has 1 aliphatic heterocycles. The van der Waals surface area contributed by atoms with Crippen molar-refractivity contribution < 1.29 is 0 Å². The third kappa shape index (κ3) is 4.58. The van der Waals surface area contributed by atoms with Crippen LogP contribution in [0.4, 0.5) is 5.82 Å². The summed E-state index contributed by atoms with van der Waals surface area (Å²) >= 11 is 0. The van der Waals surface area contributed by atoms with Crippen molar-refractivity contribution in [1.82, 2.24) is 20.0 Å². The van der Waals surface area contributed by atoms with Gasteiger partial charge in [-0.25, -0.2) is 4.68 Å². The molecule has 0 saturated carbocycles. The lowest BCUT2D eigenvalue weighted by molar-refractivity contribution is 0.309. The van der Waals surface area contributed by atoms with Gasteiger partial charge in [-0.15, -0.1) is 0 Å². The van der Waals surface area contributed by atoms with Crippen LogP contribution in [0.5, 0.6) is 0 Å². The Labute approximate surface area is 145 Å². The van der Waals surface area contributed by atoms with Crippen LogP contribution < -0.4 is 10.6 Å². The molecule has 0 spiro atoms. The zero-order valence-corrected chi connectivity index (χ0v) is 15.0. The van der Waals surface area contributed by atoms with Crippen molar-refractivity contribution in [1.29, 1.82) is 0 Å². The molecule has 1 aromatic heterocycles. The largest absolute Gasteiger partial charge is 0.370 e. The Morgan fingerprint density at radius 2 is 2.12 bits per heavy atom. The van der Waals surface area contributed by atoms with Crippen LogP contribution >= 0.6 is 0 Å². The van der Waals surface area contributed by atoms with Crippen LogP contribution in [0, 0.1) is 12.8 Å². The average Bonchev–Trinajstić information content (AvgIpc) is 2.92. The van der Waals surface area contributed by atoms with Gasteiger partial charge < -0.3 is 15.5 Å². The Kier molecular flexibility index (Phi) is 5.53. The smallest absolute Gasteiger partial charge is 0.124 e. The maximum Gasteiger partial charge on any atom is 0.124 e. The Hall–Kier alpha value is -1.85. The van der Waals surface area contributed by atoms with E-state index in [1.807, 2.05) is 6.92 Å². The van der Waals surface area contributed by atoms with E-state index in [9.17, 15) is 0 Å². The molecule has 1 aliphatic rings. The van der Waals surface area contributed by atoms with Crippen LogP contribution in [0.2, 0.25) is 0 Å². The van der Waals surface area contributed by atoms with Gasteiger partial charge in [-0.3, -0.25) is 0 Å². The predicted octanol–water partition coefficient (Wildman–Crippen LogP) is 2.00. The van der Waals surface area contributed by atoms with Gasteiger partial charge in [0.15, 0.2) is 0 Å². The minimum Gasteiger partial charge on any atom is -0.370 e. The first-order chi connectivity index (χ1) is 11.6. The van der Waals surface area contributed by atoms with Gasteiger partial charge in [0.2, 0.25) is 0 Å². The molecule has 0 fully saturated rings. The summed E-state index contributed by atoms with van der Waals surface area (Å²) in [6.45, 7) is 6.10. The molecule has 2 N–H and O–H groups in total. The van der Waals surface area contributed by atoms with Gasteiger partial charge >= 0.3 is 0 Å². The van der Waals surface area contributed by atoms with Gasteiger partial charge in [-0.05, 0) is 33.0 Å². The van der Waals surface area contributed by atoms with Crippen molar-refractivity contribution in [2.45, 2.75) is 25.9 Å². The molecular weight excluding hydrogens is 298 g/mol. The van der Waals surface area contributed by atoms with Gasteiger partial charge in [0, 0.05) is 44.2 Å². The molecule has 0 radical (unpaired) electrons. The van der Waals surface area contributed by atoms with E-state index in [-0.39, 0.29) is 0 Å². The molecule has 2 atom stereocenters. The highest BCUT2D eigenvalue weighted by atomic mass is 15.3. The van der Waals surface area contributed by atoms with Gasteiger partial charge in [-0.1, -0.05) is 30.3 Å².